The summed E-state index contributed by atoms with van der Waals surface area (Å²) >= 11 is -0.377. The zero-order chi connectivity index (χ0) is 24.9. The van der Waals surface area contributed by atoms with E-state index in [4.69, 9.17) is 0 Å². The van der Waals surface area contributed by atoms with Gasteiger partial charge in [-0.3, -0.25) is 0 Å². The third-order valence-corrected chi connectivity index (χ3v) is 9.71. The van der Waals surface area contributed by atoms with Crippen LogP contribution in [-0.2, 0) is 0 Å². The minimum absolute atomic E-state index is 0.0457. The van der Waals surface area contributed by atoms with Gasteiger partial charge in [0.1, 0.15) is 0 Å². The van der Waals surface area contributed by atoms with Gasteiger partial charge in [-0.1, -0.05) is 18.2 Å². The first-order valence-corrected chi connectivity index (χ1v) is 14.0. The summed E-state index contributed by atoms with van der Waals surface area (Å²) in [7, 11) is 0. The number of hydrogen-bond donors (Lipinski definition) is 2. The van der Waals surface area contributed by atoms with Crippen molar-refractivity contribution in [1.29, 1.82) is 5.26 Å². The number of para-hydroxylation sites is 1. The van der Waals surface area contributed by atoms with Crippen LogP contribution in [0.3, 0.4) is 0 Å². The van der Waals surface area contributed by atoms with Gasteiger partial charge in [-0.2, -0.15) is 0 Å². The summed E-state index contributed by atoms with van der Waals surface area (Å²) < 4.78 is 2.39. The van der Waals surface area contributed by atoms with E-state index in [1.54, 1.807) is 6.20 Å². The molecule has 2 aromatic heterocycles. The van der Waals surface area contributed by atoms with E-state index in [1.807, 2.05) is 47.6 Å². The molecule has 6 nitrogen and oxygen atoms in total. The summed E-state index contributed by atoms with van der Waals surface area (Å²) in [6, 6.07) is 18.3. The van der Waals surface area contributed by atoms with Crippen LogP contribution in [0.4, 0.5) is 10.5 Å². The normalized spacial score (nSPS) is 14.6. The second-order valence-corrected chi connectivity index (χ2v) is 11.4. The molecule has 1 radical (unpaired) electrons. The van der Waals surface area contributed by atoms with E-state index < -0.39 is 0 Å². The number of fused-ring (bicyclic) bond motifs is 1. The molecule has 2 amide bonds. The average Bonchev–Trinajstić information content (AvgIpc) is 3.40. The molecule has 1 aliphatic rings. The Morgan fingerprint density at radius 3 is 2.75 bits per heavy atom. The molecule has 3 heterocycles. The number of urea groups is 1. The van der Waals surface area contributed by atoms with Crippen LogP contribution >= 0.6 is 0 Å². The van der Waals surface area contributed by atoms with Crippen LogP contribution < -0.4 is 14.0 Å². The maximum atomic E-state index is 12.6. The van der Waals surface area contributed by atoms with E-state index in [0.29, 0.717) is 11.5 Å². The number of amides is 2. The van der Waals surface area contributed by atoms with Crippen molar-refractivity contribution in [3.8, 4) is 6.07 Å². The van der Waals surface area contributed by atoms with E-state index in [-0.39, 0.29) is 21.8 Å². The van der Waals surface area contributed by atoms with Crippen LogP contribution in [0.5, 0.6) is 0 Å². The molecule has 7 heteroatoms. The van der Waals surface area contributed by atoms with E-state index in [1.165, 1.54) is 15.3 Å². The van der Waals surface area contributed by atoms with E-state index in [2.05, 4.69) is 58.6 Å². The second kappa shape index (κ2) is 10.8. The Bertz CT molecular complexity index is 1450. The van der Waals surface area contributed by atoms with Crippen molar-refractivity contribution in [2.45, 2.75) is 19.8 Å². The van der Waals surface area contributed by atoms with Crippen molar-refractivity contribution in [3.05, 3.63) is 89.9 Å². The number of nitrogens with zero attached hydrogens (tertiary/aromatic N) is 3. The van der Waals surface area contributed by atoms with Gasteiger partial charge in [0.15, 0.2) is 0 Å². The third kappa shape index (κ3) is 5.22. The summed E-state index contributed by atoms with van der Waals surface area (Å²) in [5.74, 6) is 0.388. The fourth-order valence-corrected chi connectivity index (χ4v) is 7.02. The number of benzene rings is 2. The molecule has 0 atom stereocenters. The third-order valence-electron chi connectivity index (χ3n) is 6.67. The molecule has 5 rings (SSSR count). The van der Waals surface area contributed by atoms with Crippen LogP contribution in [-0.4, -0.2) is 49.7 Å². The first-order chi connectivity index (χ1) is 17.6. The quantitative estimate of drug-likeness (QED) is 0.372. The fourth-order valence-electron chi connectivity index (χ4n) is 4.57. The molecule has 2 N–H and O–H groups in total. The van der Waals surface area contributed by atoms with Gasteiger partial charge in [0.25, 0.3) is 0 Å². The number of carbonyl (C=O) groups is 1. The molecular formula is C29H27AsN5O. The predicted molar refractivity (Wildman–Crippen MR) is 146 cm³/mol. The molecule has 2 aromatic carbocycles. The van der Waals surface area contributed by atoms with Gasteiger partial charge >= 0.3 is 200 Å². The van der Waals surface area contributed by atoms with Gasteiger partial charge in [0.05, 0.1) is 0 Å². The van der Waals surface area contributed by atoms with E-state index in [9.17, 15) is 10.1 Å². The molecule has 0 saturated carbocycles. The number of rotatable bonds is 5. The van der Waals surface area contributed by atoms with Gasteiger partial charge < -0.3 is 0 Å². The number of pyridine rings is 1. The van der Waals surface area contributed by atoms with Crippen molar-refractivity contribution in [1.82, 2.24) is 14.9 Å². The van der Waals surface area contributed by atoms with Crippen LogP contribution in [0.25, 0.3) is 17.0 Å². The number of aromatic nitrogens is 2. The van der Waals surface area contributed by atoms with Crippen molar-refractivity contribution in [2.75, 3.05) is 18.4 Å². The standard InChI is InChI=1S/C29H27AsN5O/c1-20-25-11-14-33-27(25)10-9-26(20)30-28-22(18-32-19-23(28)17-31)8-7-21-12-15-35(16-13-21)29(36)34-24-5-3-2-4-6-24/h2-11,14,18-19,21,33H,12-13,15-16H2,1H3,(H,34,36). The zero-order valence-electron chi connectivity index (χ0n) is 20.1. The first-order valence-electron chi connectivity index (χ1n) is 12.1. The number of anilines is 1. The average molecular weight is 536 g/mol. The Morgan fingerprint density at radius 1 is 1.17 bits per heavy atom. The van der Waals surface area contributed by atoms with Gasteiger partial charge in [0.2, 0.25) is 0 Å². The Morgan fingerprint density at radius 2 is 1.97 bits per heavy atom. The van der Waals surface area contributed by atoms with Gasteiger partial charge in [-0.25, -0.2) is 0 Å². The molecule has 4 aromatic rings. The van der Waals surface area contributed by atoms with Crippen molar-refractivity contribution >= 4 is 53.2 Å². The fraction of sp³-hybridized carbons (Fsp3) is 0.207. The molecular weight excluding hydrogens is 509 g/mol. The second-order valence-electron chi connectivity index (χ2n) is 8.98. The Kier molecular flexibility index (Phi) is 7.20. The summed E-state index contributed by atoms with van der Waals surface area (Å²) in [6.07, 6.45) is 11.7. The van der Waals surface area contributed by atoms with Crippen LogP contribution in [0.15, 0.2) is 73.2 Å². The van der Waals surface area contributed by atoms with Crippen molar-refractivity contribution in [3.63, 3.8) is 0 Å². The monoisotopic (exact) mass is 536 g/mol. The number of nitriles is 1. The molecule has 1 fully saturated rings. The maximum absolute atomic E-state index is 12.6. The molecule has 0 unspecified atom stereocenters. The molecule has 0 spiro atoms. The van der Waals surface area contributed by atoms with E-state index in [0.717, 1.165) is 47.0 Å². The Balaban J connectivity index is 1.28. The van der Waals surface area contributed by atoms with Crippen LogP contribution in [0, 0.1) is 24.2 Å². The Labute approximate surface area is 217 Å². The number of hydrogen-bond acceptors (Lipinski definition) is 3. The van der Waals surface area contributed by atoms with Gasteiger partial charge in [-0.05, 0) is 0 Å². The number of carbonyl (C=O) groups excluding carboxylic acids is 1. The van der Waals surface area contributed by atoms with Crippen LogP contribution in [0.1, 0.15) is 29.5 Å². The number of nitrogens with one attached hydrogen (secondary N) is 2. The molecule has 1 aliphatic heterocycles. The summed E-state index contributed by atoms with van der Waals surface area (Å²) in [5.41, 5.74) is 4.89. The molecule has 0 aliphatic carbocycles. The number of aryl methyl sites for hydroxylation is 1. The number of piperidine rings is 1. The molecule has 179 valence electrons. The SMILES string of the molecule is Cc1c([As]c2c(C#N)cncc2C=CC2CCN(C(=O)Nc3ccccc3)CC2)ccc2[nH]ccc12. The van der Waals surface area contributed by atoms with Gasteiger partial charge in [0, 0.05) is 0 Å². The first kappa shape index (κ1) is 23.9. The van der Waals surface area contributed by atoms with Gasteiger partial charge in [-0.15, -0.1) is 0 Å². The number of allylic oxidation sites excluding steroid dienone is 1. The molecule has 1 saturated heterocycles. The predicted octanol–water partition coefficient (Wildman–Crippen LogP) is 4.36. The minimum atomic E-state index is -0.377. The topological polar surface area (TPSA) is 84.8 Å². The van der Waals surface area contributed by atoms with Crippen molar-refractivity contribution in [2.24, 2.45) is 5.92 Å². The number of likely N-dealkylation sites (tertiary alicyclic amines) is 1. The summed E-state index contributed by atoms with van der Waals surface area (Å²) in [6.45, 7) is 3.60. The molecule has 36 heavy (non-hydrogen) atoms. The zero-order valence-corrected chi connectivity index (χ0v) is 22.0. The Hall–Kier alpha value is -3.81. The summed E-state index contributed by atoms with van der Waals surface area (Å²) in [5, 5.41) is 14.0. The van der Waals surface area contributed by atoms with Crippen LogP contribution in [0.2, 0.25) is 0 Å². The number of H-pyrrole nitrogens is 1. The number of aromatic amines is 1. The summed E-state index contributed by atoms with van der Waals surface area (Å²) in [4.78, 5) is 22.1. The molecule has 0 bridgehead atoms. The van der Waals surface area contributed by atoms with Crippen molar-refractivity contribution < 1.29 is 4.79 Å². The van der Waals surface area contributed by atoms with E-state index >= 15 is 0 Å².